The molecule has 1 heterocycles. The summed E-state index contributed by atoms with van der Waals surface area (Å²) < 4.78 is 0. The molecule has 156 valence electrons. The summed E-state index contributed by atoms with van der Waals surface area (Å²) in [5.74, 6) is -0.126. The molecule has 0 aliphatic heterocycles. The Morgan fingerprint density at radius 2 is 1.77 bits per heavy atom. The molecule has 1 aromatic heterocycles. The zero-order chi connectivity index (χ0) is 21.7. The molecule has 0 unspecified atom stereocenters. The van der Waals surface area contributed by atoms with E-state index in [0.717, 1.165) is 16.8 Å². The van der Waals surface area contributed by atoms with E-state index in [1.165, 1.54) is 11.3 Å². The Morgan fingerprint density at radius 1 is 1.03 bits per heavy atom. The van der Waals surface area contributed by atoms with E-state index in [1.54, 1.807) is 13.0 Å². The first kappa shape index (κ1) is 21.6. The van der Waals surface area contributed by atoms with Crippen LogP contribution in [0.15, 0.2) is 66.0 Å². The number of hydrogen-bond donors (Lipinski definition) is 1. The van der Waals surface area contributed by atoms with Crippen molar-refractivity contribution in [3.8, 4) is 0 Å². The van der Waals surface area contributed by atoms with E-state index >= 15 is 0 Å². The lowest BCUT2D eigenvalue weighted by Gasteiger charge is -2.30. The second-order valence-electron chi connectivity index (χ2n) is 7.40. The molecule has 0 saturated carbocycles. The predicted octanol–water partition coefficient (Wildman–Crippen LogP) is 5.18. The molecule has 0 saturated heterocycles. The van der Waals surface area contributed by atoms with Gasteiger partial charge in [-0.1, -0.05) is 36.4 Å². The number of nitrogens with zero attached hydrogens (tertiary/aromatic N) is 2. The number of amides is 2. The van der Waals surface area contributed by atoms with Gasteiger partial charge in [0.2, 0.25) is 5.91 Å². The number of thiophene rings is 1. The van der Waals surface area contributed by atoms with Gasteiger partial charge >= 0.3 is 0 Å². The van der Waals surface area contributed by atoms with Crippen molar-refractivity contribution < 1.29 is 9.59 Å². The Balaban J connectivity index is 1.89. The zero-order valence-electron chi connectivity index (χ0n) is 17.8. The minimum atomic E-state index is -0.130. The maximum absolute atomic E-state index is 12.5. The lowest BCUT2D eigenvalue weighted by atomic mass is 10.0. The van der Waals surface area contributed by atoms with E-state index in [4.69, 9.17) is 0 Å². The number of anilines is 2. The molecule has 0 bridgehead atoms. The van der Waals surface area contributed by atoms with Crippen LogP contribution < -0.4 is 10.2 Å². The van der Waals surface area contributed by atoms with Crippen LogP contribution in [0, 0.1) is 0 Å². The summed E-state index contributed by atoms with van der Waals surface area (Å²) in [7, 11) is 3.95. The molecule has 0 aliphatic rings. The second-order valence-corrected chi connectivity index (χ2v) is 8.35. The molecular formula is C24H27N3O2S. The molecule has 5 nitrogen and oxygen atoms in total. The first-order valence-corrected chi connectivity index (χ1v) is 10.7. The summed E-state index contributed by atoms with van der Waals surface area (Å²) in [6.07, 6.45) is 0. The molecule has 3 aromatic rings. The average Bonchev–Trinajstić information content (AvgIpc) is 3.27. The molecule has 0 fully saturated rings. The van der Waals surface area contributed by atoms with Crippen LogP contribution >= 0.6 is 11.3 Å². The third kappa shape index (κ3) is 5.07. The fourth-order valence-electron chi connectivity index (χ4n) is 3.44. The predicted molar refractivity (Wildman–Crippen MR) is 124 cm³/mol. The van der Waals surface area contributed by atoms with Crippen LogP contribution in [-0.2, 0) is 11.3 Å². The second kappa shape index (κ2) is 9.59. The Bertz CT molecular complexity index is 1000. The van der Waals surface area contributed by atoms with Gasteiger partial charge in [-0.3, -0.25) is 9.59 Å². The third-order valence-electron chi connectivity index (χ3n) is 5.06. The van der Waals surface area contributed by atoms with Crippen LogP contribution in [0.1, 0.15) is 40.7 Å². The van der Waals surface area contributed by atoms with Crippen molar-refractivity contribution in [1.82, 2.24) is 4.90 Å². The maximum atomic E-state index is 12.5. The summed E-state index contributed by atoms with van der Waals surface area (Å²) in [6.45, 7) is 4.08. The number of rotatable bonds is 7. The molecule has 0 radical (unpaired) electrons. The highest BCUT2D eigenvalue weighted by atomic mass is 32.1. The summed E-state index contributed by atoms with van der Waals surface area (Å²) in [5, 5.41) is 4.84. The zero-order valence-corrected chi connectivity index (χ0v) is 18.6. The fourth-order valence-corrected chi connectivity index (χ4v) is 4.06. The van der Waals surface area contributed by atoms with Crippen molar-refractivity contribution in [1.29, 1.82) is 0 Å². The minimum Gasteiger partial charge on any atom is -0.377 e. The van der Waals surface area contributed by atoms with Gasteiger partial charge in [0.1, 0.15) is 0 Å². The van der Waals surface area contributed by atoms with Crippen molar-refractivity contribution in [2.24, 2.45) is 0 Å². The highest BCUT2D eigenvalue weighted by Gasteiger charge is 2.21. The molecule has 1 N–H and O–H groups in total. The number of hydrogen-bond acceptors (Lipinski definition) is 4. The van der Waals surface area contributed by atoms with Gasteiger partial charge in [-0.2, -0.15) is 0 Å². The largest absolute Gasteiger partial charge is 0.377 e. The van der Waals surface area contributed by atoms with Gasteiger partial charge in [-0.05, 0) is 47.7 Å². The number of benzene rings is 2. The smallest absolute Gasteiger partial charge is 0.265 e. The lowest BCUT2D eigenvalue weighted by Crippen LogP contribution is -2.31. The Labute approximate surface area is 181 Å². The third-order valence-corrected chi connectivity index (χ3v) is 5.93. The first-order chi connectivity index (χ1) is 14.4. The van der Waals surface area contributed by atoms with Gasteiger partial charge in [0.05, 0.1) is 10.9 Å². The maximum Gasteiger partial charge on any atom is 0.265 e. The van der Waals surface area contributed by atoms with E-state index in [9.17, 15) is 9.59 Å². The van der Waals surface area contributed by atoms with E-state index in [1.807, 2.05) is 90.8 Å². The van der Waals surface area contributed by atoms with E-state index in [-0.39, 0.29) is 17.9 Å². The fraction of sp³-hybridized carbons (Fsp3) is 0.250. The van der Waals surface area contributed by atoms with Crippen LogP contribution in [0.5, 0.6) is 0 Å². The van der Waals surface area contributed by atoms with Gasteiger partial charge in [0.15, 0.2) is 0 Å². The van der Waals surface area contributed by atoms with Crippen LogP contribution in [0.25, 0.3) is 0 Å². The monoisotopic (exact) mass is 421 g/mol. The van der Waals surface area contributed by atoms with Crippen molar-refractivity contribution in [3.05, 3.63) is 82.0 Å². The van der Waals surface area contributed by atoms with Crippen molar-refractivity contribution in [2.75, 3.05) is 24.3 Å². The van der Waals surface area contributed by atoms with Crippen molar-refractivity contribution in [3.63, 3.8) is 0 Å². The van der Waals surface area contributed by atoms with E-state index in [0.29, 0.717) is 17.1 Å². The molecule has 2 aromatic carbocycles. The SMILES string of the molecule is CC(=O)N(Cc1cc(NC(=O)c2cccs2)ccc1N(C)C)[C@@H](C)c1ccccc1. The molecule has 0 spiro atoms. The van der Waals surface area contributed by atoms with Crippen molar-refractivity contribution in [2.45, 2.75) is 26.4 Å². The van der Waals surface area contributed by atoms with Gasteiger partial charge in [0, 0.05) is 38.9 Å². The number of carbonyl (C=O) groups excluding carboxylic acids is 2. The summed E-state index contributed by atoms with van der Waals surface area (Å²) >= 11 is 1.41. The van der Waals surface area contributed by atoms with Crippen LogP contribution in [-0.4, -0.2) is 30.8 Å². The average molecular weight is 422 g/mol. The summed E-state index contributed by atoms with van der Waals surface area (Å²) in [6, 6.07) is 19.4. The van der Waals surface area contributed by atoms with E-state index in [2.05, 4.69) is 5.32 Å². The molecule has 3 rings (SSSR count). The van der Waals surface area contributed by atoms with Gasteiger partial charge in [0.25, 0.3) is 5.91 Å². The molecule has 30 heavy (non-hydrogen) atoms. The van der Waals surface area contributed by atoms with Gasteiger partial charge in [-0.15, -0.1) is 11.3 Å². The molecule has 2 amide bonds. The molecule has 1 atom stereocenters. The Hall–Kier alpha value is -3.12. The van der Waals surface area contributed by atoms with Crippen molar-refractivity contribution >= 4 is 34.5 Å². The Morgan fingerprint density at radius 3 is 2.37 bits per heavy atom. The first-order valence-electron chi connectivity index (χ1n) is 9.84. The summed E-state index contributed by atoms with van der Waals surface area (Å²) in [4.78, 5) is 29.5. The van der Waals surface area contributed by atoms with Gasteiger partial charge < -0.3 is 15.1 Å². The topological polar surface area (TPSA) is 52.7 Å². The lowest BCUT2D eigenvalue weighted by molar-refractivity contribution is -0.131. The molecular weight excluding hydrogens is 394 g/mol. The minimum absolute atomic E-state index is 0.00378. The quantitative estimate of drug-likeness (QED) is 0.572. The van der Waals surface area contributed by atoms with E-state index < -0.39 is 0 Å². The van der Waals surface area contributed by atoms with Crippen LogP contribution in [0.3, 0.4) is 0 Å². The normalized spacial score (nSPS) is 11.6. The molecule has 0 aliphatic carbocycles. The summed E-state index contributed by atoms with van der Waals surface area (Å²) in [5.41, 5.74) is 3.78. The molecule has 6 heteroatoms. The standard InChI is InChI=1S/C24H27N3O2S/c1-17(19-9-6-5-7-10-19)27(18(2)28)16-20-15-21(12-13-22(20)26(3)4)25-24(29)23-11-8-14-30-23/h5-15,17H,16H2,1-4H3,(H,25,29)/t17-/m0/s1. The highest BCUT2D eigenvalue weighted by Crippen LogP contribution is 2.29. The van der Waals surface area contributed by atoms with Gasteiger partial charge in [-0.25, -0.2) is 0 Å². The highest BCUT2D eigenvalue weighted by molar-refractivity contribution is 7.12. The number of carbonyl (C=O) groups is 2. The van der Waals surface area contributed by atoms with Crippen LogP contribution in [0.2, 0.25) is 0 Å². The van der Waals surface area contributed by atoms with Crippen LogP contribution in [0.4, 0.5) is 11.4 Å². The Kier molecular flexibility index (Phi) is 6.90. The number of nitrogens with one attached hydrogen (secondary N) is 1.